The Balaban J connectivity index is 2.06. The van der Waals surface area contributed by atoms with Gasteiger partial charge in [0.15, 0.2) is 0 Å². The van der Waals surface area contributed by atoms with Crippen LogP contribution in [-0.2, 0) is 19.2 Å². The Morgan fingerprint density at radius 3 is 1.95 bits per heavy atom. The van der Waals surface area contributed by atoms with Gasteiger partial charge in [0.1, 0.15) is 0 Å². The summed E-state index contributed by atoms with van der Waals surface area (Å²) in [7, 11) is 0. The van der Waals surface area contributed by atoms with Crippen molar-refractivity contribution in [1.82, 2.24) is 0 Å². The van der Waals surface area contributed by atoms with E-state index in [0.29, 0.717) is 18.4 Å². The predicted octanol–water partition coefficient (Wildman–Crippen LogP) is 3.12. The highest BCUT2D eigenvalue weighted by atomic mass is 17.1. The number of unbranched alkanes of at least 4 members (excludes halogenated alkanes) is 4. The molecule has 0 aliphatic heterocycles. The van der Waals surface area contributed by atoms with E-state index in [1.807, 2.05) is 0 Å². The van der Waals surface area contributed by atoms with Gasteiger partial charge in [-0.05, 0) is 25.0 Å². The maximum absolute atomic E-state index is 11.6. The third kappa shape index (κ3) is 7.54. The summed E-state index contributed by atoms with van der Waals surface area (Å²) >= 11 is 0. The van der Waals surface area contributed by atoms with Crippen LogP contribution in [0.4, 0.5) is 0 Å². The molecule has 1 N–H and O–H groups in total. The number of ether oxygens (including phenoxy) is 1. The Labute approximate surface area is 129 Å². The third-order valence-electron chi connectivity index (χ3n) is 3.08. The standard InChI is InChI=1S/C16H20O6/c17-14(21-16(19)13-9-5-4-6-10-13)11-7-2-1-3-8-12-15(18)22-20/h4-6,9-10,20H,1-3,7-8,11-12H2. The van der Waals surface area contributed by atoms with E-state index >= 15 is 0 Å². The molecule has 0 saturated heterocycles. The van der Waals surface area contributed by atoms with Gasteiger partial charge in [0.05, 0.1) is 5.56 Å². The largest absolute Gasteiger partial charge is 0.389 e. The first-order valence-electron chi connectivity index (χ1n) is 7.28. The first kappa shape index (κ1) is 17.8. The van der Waals surface area contributed by atoms with Gasteiger partial charge in [0, 0.05) is 12.8 Å². The molecule has 0 aliphatic rings. The summed E-state index contributed by atoms with van der Waals surface area (Å²) in [5, 5.41) is 8.06. The van der Waals surface area contributed by atoms with Crippen molar-refractivity contribution >= 4 is 17.9 Å². The van der Waals surface area contributed by atoms with Crippen LogP contribution in [0, 0.1) is 0 Å². The summed E-state index contributed by atoms with van der Waals surface area (Å²) in [6, 6.07) is 8.36. The molecule has 120 valence electrons. The normalized spacial score (nSPS) is 10.0. The Hall–Kier alpha value is -2.21. The third-order valence-corrected chi connectivity index (χ3v) is 3.08. The van der Waals surface area contributed by atoms with Gasteiger partial charge in [0.2, 0.25) is 0 Å². The van der Waals surface area contributed by atoms with Crippen molar-refractivity contribution in [2.75, 3.05) is 0 Å². The van der Waals surface area contributed by atoms with Crippen molar-refractivity contribution in [2.24, 2.45) is 0 Å². The van der Waals surface area contributed by atoms with Gasteiger partial charge in [-0.1, -0.05) is 37.5 Å². The molecule has 0 radical (unpaired) electrons. The molecule has 0 spiro atoms. The predicted molar refractivity (Wildman–Crippen MR) is 77.9 cm³/mol. The lowest BCUT2D eigenvalue weighted by Gasteiger charge is -2.03. The van der Waals surface area contributed by atoms with Gasteiger partial charge in [0.25, 0.3) is 0 Å². The summed E-state index contributed by atoms with van der Waals surface area (Å²) < 4.78 is 4.74. The molecule has 0 heterocycles. The zero-order chi connectivity index (χ0) is 16.2. The maximum Gasteiger partial charge on any atom is 0.345 e. The number of hydrogen-bond donors (Lipinski definition) is 1. The lowest BCUT2D eigenvalue weighted by Crippen LogP contribution is -2.12. The fourth-order valence-corrected chi connectivity index (χ4v) is 1.90. The topological polar surface area (TPSA) is 89.9 Å². The van der Waals surface area contributed by atoms with Crippen molar-refractivity contribution in [3.63, 3.8) is 0 Å². The monoisotopic (exact) mass is 308 g/mol. The number of carbonyl (C=O) groups excluding carboxylic acids is 3. The van der Waals surface area contributed by atoms with Crippen LogP contribution >= 0.6 is 0 Å². The van der Waals surface area contributed by atoms with E-state index in [2.05, 4.69) is 4.89 Å². The van der Waals surface area contributed by atoms with E-state index in [4.69, 9.17) is 9.99 Å². The number of benzene rings is 1. The fraction of sp³-hybridized carbons (Fsp3) is 0.438. The molecule has 0 bridgehead atoms. The SMILES string of the molecule is O=C(CCCCCCCC(=O)OC(=O)c1ccccc1)OO. The highest BCUT2D eigenvalue weighted by molar-refractivity contribution is 5.96. The fourth-order valence-electron chi connectivity index (χ4n) is 1.90. The van der Waals surface area contributed by atoms with Crippen LogP contribution in [0.2, 0.25) is 0 Å². The lowest BCUT2D eigenvalue weighted by molar-refractivity contribution is -0.234. The van der Waals surface area contributed by atoms with Crippen LogP contribution in [0.15, 0.2) is 30.3 Å². The van der Waals surface area contributed by atoms with E-state index < -0.39 is 17.9 Å². The van der Waals surface area contributed by atoms with Crippen LogP contribution in [-0.4, -0.2) is 23.2 Å². The zero-order valence-corrected chi connectivity index (χ0v) is 12.3. The second kappa shape index (κ2) is 10.5. The van der Waals surface area contributed by atoms with Crippen molar-refractivity contribution in [3.05, 3.63) is 35.9 Å². The molecule has 22 heavy (non-hydrogen) atoms. The first-order chi connectivity index (χ1) is 10.6. The summed E-state index contributed by atoms with van der Waals surface area (Å²) in [6.45, 7) is 0. The Morgan fingerprint density at radius 2 is 1.36 bits per heavy atom. The minimum absolute atomic E-state index is 0.185. The molecular weight excluding hydrogens is 288 g/mol. The van der Waals surface area contributed by atoms with Gasteiger partial charge < -0.3 is 9.62 Å². The van der Waals surface area contributed by atoms with Crippen molar-refractivity contribution in [2.45, 2.75) is 44.9 Å². The van der Waals surface area contributed by atoms with Crippen molar-refractivity contribution in [1.29, 1.82) is 0 Å². The molecule has 1 rings (SSSR count). The Morgan fingerprint density at radius 1 is 0.818 bits per heavy atom. The molecule has 1 aromatic carbocycles. The second-order valence-electron chi connectivity index (χ2n) is 4.86. The molecule has 6 heteroatoms. The van der Waals surface area contributed by atoms with Gasteiger partial charge in [-0.15, -0.1) is 0 Å². The molecule has 0 fully saturated rings. The van der Waals surface area contributed by atoms with E-state index in [-0.39, 0.29) is 12.8 Å². The van der Waals surface area contributed by atoms with Gasteiger partial charge in [-0.2, -0.15) is 5.26 Å². The summed E-state index contributed by atoms with van der Waals surface area (Å²) in [4.78, 5) is 37.3. The highest BCUT2D eigenvalue weighted by Gasteiger charge is 2.11. The minimum atomic E-state index is -0.636. The minimum Gasteiger partial charge on any atom is -0.389 e. The Bertz CT molecular complexity index is 483. The summed E-state index contributed by atoms with van der Waals surface area (Å²) in [6.07, 6.45) is 4.12. The second-order valence-corrected chi connectivity index (χ2v) is 4.86. The molecular formula is C16H20O6. The van der Waals surface area contributed by atoms with Crippen LogP contribution in [0.25, 0.3) is 0 Å². The van der Waals surface area contributed by atoms with Crippen molar-refractivity contribution in [3.8, 4) is 0 Å². The van der Waals surface area contributed by atoms with Crippen LogP contribution in [0.1, 0.15) is 55.3 Å². The van der Waals surface area contributed by atoms with Crippen LogP contribution in [0.3, 0.4) is 0 Å². The number of hydrogen-bond acceptors (Lipinski definition) is 6. The number of rotatable bonds is 9. The van der Waals surface area contributed by atoms with Gasteiger partial charge >= 0.3 is 17.9 Å². The number of esters is 2. The van der Waals surface area contributed by atoms with Crippen LogP contribution in [0.5, 0.6) is 0 Å². The molecule has 0 unspecified atom stereocenters. The zero-order valence-electron chi connectivity index (χ0n) is 12.3. The van der Waals surface area contributed by atoms with E-state index in [9.17, 15) is 14.4 Å². The molecule has 0 aromatic heterocycles. The van der Waals surface area contributed by atoms with Crippen LogP contribution < -0.4 is 0 Å². The van der Waals surface area contributed by atoms with Gasteiger partial charge in [-0.25, -0.2) is 9.59 Å². The lowest BCUT2D eigenvalue weighted by atomic mass is 10.1. The Kier molecular flexibility index (Phi) is 8.52. The molecule has 1 aromatic rings. The maximum atomic E-state index is 11.6. The van der Waals surface area contributed by atoms with E-state index in [1.165, 1.54) is 0 Å². The summed E-state index contributed by atoms with van der Waals surface area (Å²) in [5.74, 6) is -1.80. The average molecular weight is 308 g/mol. The number of carbonyl (C=O) groups is 3. The molecule has 0 aliphatic carbocycles. The average Bonchev–Trinajstić information content (AvgIpc) is 2.54. The van der Waals surface area contributed by atoms with Gasteiger partial charge in [-0.3, -0.25) is 4.79 Å². The first-order valence-corrected chi connectivity index (χ1v) is 7.28. The smallest absolute Gasteiger partial charge is 0.345 e. The molecule has 6 nitrogen and oxygen atoms in total. The molecule has 0 saturated carbocycles. The molecule has 0 atom stereocenters. The van der Waals surface area contributed by atoms with E-state index in [0.717, 1.165) is 19.3 Å². The van der Waals surface area contributed by atoms with Crippen molar-refractivity contribution < 1.29 is 29.3 Å². The quantitative estimate of drug-likeness (QED) is 0.248. The molecule has 0 amide bonds. The highest BCUT2D eigenvalue weighted by Crippen LogP contribution is 2.09. The van der Waals surface area contributed by atoms with E-state index in [1.54, 1.807) is 30.3 Å². The summed E-state index contributed by atoms with van der Waals surface area (Å²) in [5.41, 5.74) is 0.353.